The van der Waals surface area contributed by atoms with Crippen LogP contribution in [0, 0.1) is 17.3 Å². The third-order valence-corrected chi connectivity index (χ3v) is 3.51. The first kappa shape index (κ1) is 12.5. The van der Waals surface area contributed by atoms with Crippen molar-refractivity contribution in [2.75, 3.05) is 13.1 Å². The SMILES string of the molecule is CC1CNCC1C(=O)NC(C)C(C)(C)C. The van der Waals surface area contributed by atoms with Crippen LogP contribution >= 0.6 is 0 Å². The van der Waals surface area contributed by atoms with E-state index >= 15 is 0 Å². The summed E-state index contributed by atoms with van der Waals surface area (Å²) in [6.07, 6.45) is 0. The van der Waals surface area contributed by atoms with Crippen LogP contribution in [0.15, 0.2) is 0 Å². The molecule has 0 radical (unpaired) electrons. The van der Waals surface area contributed by atoms with E-state index in [1.54, 1.807) is 0 Å². The van der Waals surface area contributed by atoms with Crippen molar-refractivity contribution in [3.63, 3.8) is 0 Å². The number of hydrogen-bond acceptors (Lipinski definition) is 2. The van der Waals surface area contributed by atoms with Crippen molar-refractivity contribution < 1.29 is 4.79 Å². The minimum Gasteiger partial charge on any atom is -0.353 e. The standard InChI is InChI=1S/C12H24N2O/c1-8-6-13-7-10(8)11(15)14-9(2)12(3,4)5/h8-10,13H,6-7H2,1-5H3,(H,14,15). The first-order valence-corrected chi connectivity index (χ1v) is 5.83. The van der Waals surface area contributed by atoms with Gasteiger partial charge < -0.3 is 10.6 Å². The molecule has 0 bridgehead atoms. The molecule has 15 heavy (non-hydrogen) atoms. The number of rotatable bonds is 2. The maximum Gasteiger partial charge on any atom is 0.224 e. The van der Waals surface area contributed by atoms with Crippen LogP contribution < -0.4 is 10.6 Å². The van der Waals surface area contributed by atoms with Crippen molar-refractivity contribution >= 4 is 5.91 Å². The predicted octanol–water partition coefficient (Wildman–Crippen LogP) is 1.39. The smallest absolute Gasteiger partial charge is 0.224 e. The molecular weight excluding hydrogens is 188 g/mol. The highest BCUT2D eigenvalue weighted by Gasteiger charge is 2.31. The lowest BCUT2D eigenvalue weighted by molar-refractivity contribution is -0.126. The van der Waals surface area contributed by atoms with Gasteiger partial charge in [0.1, 0.15) is 0 Å². The Bertz CT molecular complexity index is 232. The van der Waals surface area contributed by atoms with Gasteiger partial charge in [0.25, 0.3) is 0 Å². The van der Waals surface area contributed by atoms with Crippen molar-refractivity contribution in [2.45, 2.75) is 40.7 Å². The Labute approximate surface area is 93.0 Å². The zero-order valence-electron chi connectivity index (χ0n) is 10.6. The van der Waals surface area contributed by atoms with E-state index in [1.165, 1.54) is 0 Å². The molecule has 1 amide bonds. The van der Waals surface area contributed by atoms with Crippen molar-refractivity contribution in [1.82, 2.24) is 10.6 Å². The van der Waals surface area contributed by atoms with E-state index in [1.807, 2.05) is 0 Å². The van der Waals surface area contributed by atoms with Crippen LogP contribution in [-0.2, 0) is 4.79 Å². The molecule has 1 rings (SSSR count). The van der Waals surface area contributed by atoms with E-state index in [2.05, 4.69) is 45.3 Å². The maximum atomic E-state index is 12.0. The van der Waals surface area contributed by atoms with E-state index < -0.39 is 0 Å². The molecule has 3 atom stereocenters. The number of amides is 1. The first-order chi connectivity index (χ1) is 6.82. The number of hydrogen-bond donors (Lipinski definition) is 2. The molecule has 0 aliphatic carbocycles. The Kier molecular flexibility index (Phi) is 3.77. The Morgan fingerprint density at radius 3 is 2.40 bits per heavy atom. The summed E-state index contributed by atoms with van der Waals surface area (Å²) in [5.41, 5.74) is 0.130. The molecule has 1 aliphatic rings. The molecule has 1 fully saturated rings. The molecule has 1 heterocycles. The molecule has 3 unspecified atom stereocenters. The van der Waals surface area contributed by atoms with Crippen LogP contribution in [0.3, 0.4) is 0 Å². The minimum absolute atomic E-state index is 0.130. The van der Waals surface area contributed by atoms with Crippen LogP contribution in [0.5, 0.6) is 0 Å². The Morgan fingerprint density at radius 2 is 2.00 bits per heavy atom. The lowest BCUT2D eigenvalue weighted by Crippen LogP contribution is -2.45. The van der Waals surface area contributed by atoms with Gasteiger partial charge in [-0.3, -0.25) is 4.79 Å². The van der Waals surface area contributed by atoms with Crippen LogP contribution in [-0.4, -0.2) is 25.0 Å². The van der Waals surface area contributed by atoms with Gasteiger partial charge in [0.2, 0.25) is 5.91 Å². The molecule has 0 spiro atoms. The second-order valence-corrected chi connectivity index (χ2v) is 5.84. The second kappa shape index (κ2) is 4.52. The lowest BCUT2D eigenvalue weighted by atomic mass is 9.87. The van der Waals surface area contributed by atoms with Crippen LogP contribution in [0.2, 0.25) is 0 Å². The van der Waals surface area contributed by atoms with Gasteiger partial charge in [-0.1, -0.05) is 27.7 Å². The zero-order valence-corrected chi connectivity index (χ0v) is 10.6. The molecule has 0 saturated carbocycles. The first-order valence-electron chi connectivity index (χ1n) is 5.83. The number of carbonyl (C=O) groups excluding carboxylic acids is 1. The van der Waals surface area contributed by atoms with Gasteiger partial charge in [0.05, 0.1) is 5.92 Å². The molecule has 0 aromatic carbocycles. The topological polar surface area (TPSA) is 41.1 Å². The summed E-state index contributed by atoms with van der Waals surface area (Å²) in [5, 5.41) is 6.37. The van der Waals surface area contributed by atoms with E-state index in [-0.39, 0.29) is 23.3 Å². The van der Waals surface area contributed by atoms with Gasteiger partial charge in [-0.05, 0) is 24.8 Å². The summed E-state index contributed by atoms with van der Waals surface area (Å²) < 4.78 is 0. The Balaban J connectivity index is 2.48. The molecular formula is C12H24N2O. The van der Waals surface area contributed by atoms with Crippen LogP contribution in [0.1, 0.15) is 34.6 Å². The largest absolute Gasteiger partial charge is 0.353 e. The molecule has 1 aliphatic heterocycles. The summed E-state index contributed by atoms with van der Waals surface area (Å²) in [7, 11) is 0. The fourth-order valence-corrected chi connectivity index (χ4v) is 1.70. The number of carbonyl (C=O) groups is 1. The van der Waals surface area contributed by atoms with E-state index in [9.17, 15) is 4.79 Å². The average molecular weight is 212 g/mol. The predicted molar refractivity (Wildman–Crippen MR) is 62.6 cm³/mol. The highest BCUT2D eigenvalue weighted by molar-refractivity contribution is 5.79. The van der Waals surface area contributed by atoms with Gasteiger partial charge in [-0.15, -0.1) is 0 Å². The van der Waals surface area contributed by atoms with Crippen molar-refractivity contribution in [1.29, 1.82) is 0 Å². The van der Waals surface area contributed by atoms with Gasteiger partial charge in [-0.25, -0.2) is 0 Å². The van der Waals surface area contributed by atoms with Crippen molar-refractivity contribution in [2.24, 2.45) is 17.3 Å². The fraction of sp³-hybridized carbons (Fsp3) is 0.917. The summed E-state index contributed by atoms with van der Waals surface area (Å²) in [6.45, 7) is 12.4. The third-order valence-electron chi connectivity index (χ3n) is 3.51. The van der Waals surface area contributed by atoms with Gasteiger partial charge >= 0.3 is 0 Å². The third kappa shape index (κ3) is 3.20. The summed E-state index contributed by atoms with van der Waals surface area (Å²) >= 11 is 0. The van der Waals surface area contributed by atoms with E-state index in [0.717, 1.165) is 13.1 Å². The summed E-state index contributed by atoms with van der Waals surface area (Å²) in [5.74, 6) is 0.807. The van der Waals surface area contributed by atoms with Crippen LogP contribution in [0.25, 0.3) is 0 Å². The summed E-state index contributed by atoms with van der Waals surface area (Å²) in [6, 6.07) is 0.220. The molecule has 88 valence electrons. The van der Waals surface area contributed by atoms with E-state index in [0.29, 0.717) is 5.92 Å². The second-order valence-electron chi connectivity index (χ2n) is 5.84. The highest BCUT2D eigenvalue weighted by Crippen LogP contribution is 2.21. The molecule has 1 saturated heterocycles. The zero-order chi connectivity index (χ0) is 11.6. The summed E-state index contributed by atoms with van der Waals surface area (Å²) in [4.78, 5) is 12.0. The van der Waals surface area contributed by atoms with Gasteiger partial charge in [0, 0.05) is 12.6 Å². The molecule has 3 heteroatoms. The average Bonchev–Trinajstić information content (AvgIpc) is 2.49. The van der Waals surface area contributed by atoms with Crippen molar-refractivity contribution in [3.05, 3.63) is 0 Å². The Hall–Kier alpha value is -0.570. The molecule has 2 N–H and O–H groups in total. The quantitative estimate of drug-likeness (QED) is 0.726. The highest BCUT2D eigenvalue weighted by atomic mass is 16.2. The minimum atomic E-state index is 0.130. The fourth-order valence-electron chi connectivity index (χ4n) is 1.70. The van der Waals surface area contributed by atoms with E-state index in [4.69, 9.17) is 0 Å². The molecule has 3 nitrogen and oxygen atoms in total. The maximum absolute atomic E-state index is 12.0. The van der Waals surface area contributed by atoms with Gasteiger partial charge in [-0.2, -0.15) is 0 Å². The Morgan fingerprint density at radius 1 is 1.40 bits per heavy atom. The van der Waals surface area contributed by atoms with Gasteiger partial charge in [0.15, 0.2) is 0 Å². The van der Waals surface area contributed by atoms with Crippen LogP contribution in [0.4, 0.5) is 0 Å². The number of nitrogens with one attached hydrogen (secondary N) is 2. The molecule has 0 aromatic rings. The van der Waals surface area contributed by atoms with Crippen molar-refractivity contribution in [3.8, 4) is 0 Å². The monoisotopic (exact) mass is 212 g/mol. The lowest BCUT2D eigenvalue weighted by Gasteiger charge is -2.29. The normalized spacial score (nSPS) is 28.9. The molecule has 0 aromatic heterocycles.